The minimum atomic E-state index is -3.23. The van der Waals surface area contributed by atoms with Crippen LogP contribution in [0.15, 0.2) is 24.3 Å². The zero-order valence-electron chi connectivity index (χ0n) is 16.1. The summed E-state index contributed by atoms with van der Waals surface area (Å²) in [5, 5.41) is 0. The highest BCUT2D eigenvalue weighted by Gasteiger charge is 2.30. The standard InChI is InChI=1S/C18H27N3O6S/c1-3-26-15-7-5-6-8-16(15)27-13-17(22)19-20-18(23)14-9-11-21(12-10-14)28(24,25)4-2/h5-8,14H,3-4,9-13H2,1-2H3,(H,19,22)(H,20,23). The summed E-state index contributed by atoms with van der Waals surface area (Å²) in [5.41, 5.74) is 4.70. The van der Waals surface area contributed by atoms with Gasteiger partial charge in [0, 0.05) is 19.0 Å². The monoisotopic (exact) mass is 413 g/mol. The number of nitrogens with one attached hydrogen (secondary N) is 2. The highest BCUT2D eigenvalue weighted by atomic mass is 32.2. The number of rotatable bonds is 8. The first-order valence-electron chi connectivity index (χ1n) is 9.28. The van der Waals surface area contributed by atoms with Gasteiger partial charge in [-0.25, -0.2) is 12.7 Å². The molecule has 0 atom stereocenters. The molecule has 1 saturated heterocycles. The molecule has 10 heteroatoms. The van der Waals surface area contributed by atoms with Crippen molar-refractivity contribution >= 4 is 21.8 Å². The topological polar surface area (TPSA) is 114 Å². The van der Waals surface area contributed by atoms with Gasteiger partial charge in [-0.3, -0.25) is 20.4 Å². The van der Waals surface area contributed by atoms with Crippen molar-refractivity contribution in [1.29, 1.82) is 0 Å². The molecule has 1 aliphatic rings. The van der Waals surface area contributed by atoms with Gasteiger partial charge in [-0.15, -0.1) is 0 Å². The molecule has 28 heavy (non-hydrogen) atoms. The van der Waals surface area contributed by atoms with Gasteiger partial charge >= 0.3 is 0 Å². The summed E-state index contributed by atoms with van der Waals surface area (Å²) in [6.07, 6.45) is 0.832. The van der Waals surface area contributed by atoms with Gasteiger partial charge in [-0.1, -0.05) is 12.1 Å². The quantitative estimate of drug-likeness (QED) is 0.606. The fourth-order valence-electron chi connectivity index (χ4n) is 2.84. The number of para-hydroxylation sites is 2. The lowest BCUT2D eigenvalue weighted by atomic mass is 9.98. The molecule has 0 bridgehead atoms. The third kappa shape index (κ3) is 6.10. The predicted molar refractivity (Wildman–Crippen MR) is 103 cm³/mol. The lowest BCUT2D eigenvalue weighted by Crippen LogP contribution is -2.49. The Morgan fingerprint density at radius 3 is 2.25 bits per heavy atom. The van der Waals surface area contributed by atoms with Crippen LogP contribution in [0.4, 0.5) is 0 Å². The zero-order valence-corrected chi connectivity index (χ0v) is 17.0. The molecule has 0 aliphatic carbocycles. The van der Waals surface area contributed by atoms with Gasteiger partial charge in [0.2, 0.25) is 15.9 Å². The average Bonchev–Trinajstić information content (AvgIpc) is 2.71. The van der Waals surface area contributed by atoms with Gasteiger partial charge in [0.1, 0.15) is 0 Å². The Balaban J connectivity index is 1.74. The Bertz CT molecular complexity index is 775. The summed E-state index contributed by atoms with van der Waals surface area (Å²) >= 11 is 0. The summed E-state index contributed by atoms with van der Waals surface area (Å²) < 4.78 is 35.9. The minimum absolute atomic E-state index is 0.0480. The number of carbonyl (C=O) groups is 2. The molecule has 0 saturated carbocycles. The maximum absolute atomic E-state index is 12.2. The van der Waals surface area contributed by atoms with Crippen LogP contribution in [0.1, 0.15) is 26.7 Å². The van der Waals surface area contributed by atoms with Gasteiger partial charge in [0.15, 0.2) is 18.1 Å². The van der Waals surface area contributed by atoms with E-state index in [2.05, 4.69) is 10.9 Å². The maximum atomic E-state index is 12.2. The number of nitrogens with zero attached hydrogens (tertiary/aromatic N) is 1. The number of piperidine rings is 1. The van der Waals surface area contributed by atoms with Crippen molar-refractivity contribution in [2.75, 3.05) is 32.1 Å². The van der Waals surface area contributed by atoms with Crippen molar-refractivity contribution in [3.8, 4) is 11.5 Å². The molecule has 1 aromatic carbocycles. The molecule has 1 heterocycles. The Morgan fingerprint density at radius 1 is 1.07 bits per heavy atom. The normalized spacial score (nSPS) is 15.6. The number of hydrogen-bond donors (Lipinski definition) is 2. The summed E-state index contributed by atoms with van der Waals surface area (Å²) in [4.78, 5) is 24.1. The molecule has 2 N–H and O–H groups in total. The van der Waals surface area contributed by atoms with E-state index < -0.39 is 15.9 Å². The second-order valence-corrected chi connectivity index (χ2v) is 8.54. The predicted octanol–water partition coefficient (Wildman–Crippen LogP) is 0.673. The number of amides is 2. The molecule has 0 unspecified atom stereocenters. The molecule has 1 aromatic rings. The number of hydrazine groups is 1. The summed E-state index contributed by atoms with van der Waals surface area (Å²) in [5.74, 6) is -0.164. The molecule has 1 fully saturated rings. The number of ether oxygens (including phenoxy) is 2. The molecule has 156 valence electrons. The lowest BCUT2D eigenvalue weighted by molar-refractivity contribution is -0.132. The fraction of sp³-hybridized carbons (Fsp3) is 0.556. The maximum Gasteiger partial charge on any atom is 0.276 e. The van der Waals surface area contributed by atoms with Crippen LogP contribution in [0.2, 0.25) is 0 Å². The minimum Gasteiger partial charge on any atom is -0.490 e. The second kappa shape index (κ2) is 10.3. The fourth-order valence-corrected chi connectivity index (χ4v) is 3.97. The van der Waals surface area contributed by atoms with E-state index >= 15 is 0 Å². The van der Waals surface area contributed by atoms with Crippen molar-refractivity contribution in [2.45, 2.75) is 26.7 Å². The van der Waals surface area contributed by atoms with E-state index in [1.54, 1.807) is 31.2 Å². The Kier molecular flexibility index (Phi) is 8.06. The largest absolute Gasteiger partial charge is 0.490 e. The van der Waals surface area contributed by atoms with Crippen molar-refractivity contribution in [3.63, 3.8) is 0 Å². The molecule has 0 aromatic heterocycles. The van der Waals surface area contributed by atoms with E-state index in [0.29, 0.717) is 44.0 Å². The van der Waals surface area contributed by atoms with E-state index in [1.165, 1.54) is 4.31 Å². The average molecular weight is 413 g/mol. The first kappa shape index (κ1) is 22.0. The Labute approximate surface area is 165 Å². The van der Waals surface area contributed by atoms with E-state index in [-0.39, 0.29) is 24.2 Å². The second-order valence-electron chi connectivity index (χ2n) is 6.28. The van der Waals surface area contributed by atoms with Crippen molar-refractivity contribution < 1.29 is 27.5 Å². The molecule has 0 radical (unpaired) electrons. The molecule has 2 rings (SSSR count). The van der Waals surface area contributed by atoms with E-state index in [0.717, 1.165) is 0 Å². The van der Waals surface area contributed by atoms with Crippen molar-refractivity contribution in [2.24, 2.45) is 5.92 Å². The number of sulfonamides is 1. The first-order valence-corrected chi connectivity index (χ1v) is 10.9. The van der Waals surface area contributed by atoms with Crippen LogP contribution in [0.5, 0.6) is 11.5 Å². The smallest absolute Gasteiger partial charge is 0.276 e. The van der Waals surface area contributed by atoms with E-state index in [9.17, 15) is 18.0 Å². The van der Waals surface area contributed by atoms with Crippen molar-refractivity contribution in [3.05, 3.63) is 24.3 Å². The van der Waals surface area contributed by atoms with Crippen LogP contribution in [-0.4, -0.2) is 56.6 Å². The van der Waals surface area contributed by atoms with E-state index in [4.69, 9.17) is 9.47 Å². The third-order valence-electron chi connectivity index (χ3n) is 4.42. The molecular formula is C18H27N3O6S. The number of benzene rings is 1. The number of carbonyl (C=O) groups excluding carboxylic acids is 2. The summed E-state index contributed by atoms with van der Waals surface area (Å²) in [6.45, 7) is 4.25. The summed E-state index contributed by atoms with van der Waals surface area (Å²) in [7, 11) is -3.23. The van der Waals surface area contributed by atoms with Crippen LogP contribution >= 0.6 is 0 Å². The van der Waals surface area contributed by atoms with Gasteiger partial charge in [0.05, 0.1) is 12.4 Å². The van der Waals surface area contributed by atoms with Gasteiger partial charge in [0.25, 0.3) is 5.91 Å². The number of hydrogen-bond acceptors (Lipinski definition) is 6. The highest BCUT2D eigenvalue weighted by molar-refractivity contribution is 7.89. The molecule has 0 spiro atoms. The van der Waals surface area contributed by atoms with Crippen LogP contribution in [-0.2, 0) is 19.6 Å². The van der Waals surface area contributed by atoms with Crippen molar-refractivity contribution in [1.82, 2.24) is 15.2 Å². The van der Waals surface area contributed by atoms with Gasteiger partial charge in [-0.2, -0.15) is 0 Å². The summed E-state index contributed by atoms with van der Waals surface area (Å²) in [6, 6.07) is 7.00. The Morgan fingerprint density at radius 2 is 1.68 bits per heavy atom. The highest BCUT2D eigenvalue weighted by Crippen LogP contribution is 2.26. The van der Waals surface area contributed by atoms with Gasteiger partial charge < -0.3 is 9.47 Å². The lowest BCUT2D eigenvalue weighted by Gasteiger charge is -2.30. The molecule has 2 amide bonds. The third-order valence-corrected chi connectivity index (χ3v) is 6.30. The molecular weight excluding hydrogens is 386 g/mol. The first-order chi connectivity index (χ1) is 13.4. The van der Waals surface area contributed by atoms with Crippen LogP contribution in [0.3, 0.4) is 0 Å². The van der Waals surface area contributed by atoms with Gasteiger partial charge in [-0.05, 0) is 38.8 Å². The SMILES string of the molecule is CCOc1ccccc1OCC(=O)NNC(=O)C1CCN(S(=O)(=O)CC)CC1. The van der Waals surface area contributed by atoms with E-state index in [1.807, 2.05) is 6.92 Å². The van der Waals surface area contributed by atoms with Crippen LogP contribution in [0, 0.1) is 5.92 Å². The van der Waals surface area contributed by atoms with Crippen LogP contribution < -0.4 is 20.3 Å². The Hall–Kier alpha value is -2.33. The molecule has 9 nitrogen and oxygen atoms in total. The zero-order chi connectivity index (χ0) is 20.6. The molecule has 1 aliphatic heterocycles. The van der Waals surface area contributed by atoms with Crippen LogP contribution in [0.25, 0.3) is 0 Å².